The fraction of sp³-hybridized carbons (Fsp3) is 0.278. The van der Waals surface area contributed by atoms with E-state index >= 15 is 0 Å². The highest BCUT2D eigenvalue weighted by molar-refractivity contribution is 5.86. The van der Waals surface area contributed by atoms with Crippen molar-refractivity contribution in [3.8, 4) is 5.75 Å². The summed E-state index contributed by atoms with van der Waals surface area (Å²) >= 11 is 0. The summed E-state index contributed by atoms with van der Waals surface area (Å²) in [7, 11) is 0. The first kappa shape index (κ1) is 16.9. The molecule has 6 nitrogen and oxygen atoms in total. The van der Waals surface area contributed by atoms with E-state index in [1.54, 1.807) is 24.5 Å². The lowest BCUT2D eigenvalue weighted by atomic mass is 10.1. The molecule has 0 fully saturated rings. The summed E-state index contributed by atoms with van der Waals surface area (Å²) in [5.41, 5.74) is 3.27. The molecular formula is C18H19FN4O2. The number of carbonyl (C=O) groups excluding carboxylic acids is 1. The third kappa shape index (κ3) is 4.12. The summed E-state index contributed by atoms with van der Waals surface area (Å²) in [6, 6.07) is 6.98. The summed E-state index contributed by atoms with van der Waals surface area (Å²) in [5.74, 6) is 0.392. The van der Waals surface area contributed by atoms with E-state index in [0.29, 0.717) is 11.4 Å². The van der Waals surface area contributed by atoms with E-state index in [4.69, 9.17) is 4.74 Å². The molecule has 0 aliphatic heterocycles. The van der Waals surface area contributed by atoms with E-state index in [9.17, 15) is 9.18 Å². The van der Waals surface area contributed by atoms with Gasteiger partial charge in [-0.2, -0.15) is 0 Å². The van der Waals surface area contributed by atoms with Gasteiger partial charge in [0.05, 0.1) is 35.4 Å². The molecule has 3 aromatic rings. The van der Waals surface area contributed by atoms with Gasteiger partial charge in [-0.15, -0.1) is 0 Å². The highest BCUT2D eigenvalue weighted by atomic mass is 19.1. The first-order chi connectivity index (χ1) is 12.2. The lowest BCUT2D eigenvalue weighted by Crippen LogP contribution is -2.28. The molecule has 0 aliphatic rings. The molecule has 1 atom stereocenters. The van der Waals surface area contributed by atoms with Gasteiger partial charge >= 0.3 is 0 Å². The number of rotatable bonds is 7. The number of fused-ring (bicyclic) bond motifs is 1. The number of amides is 1. The topological polar surface area (TPSA) is 79.9 Å². The zero-order chi connectivity index (χ0) is 17.6. The Morgan fingerprint density at radius 2 is 2.24 bits per heavy atom. The van der Waals surface area contributed by atoms with Crippen LogP contribution in [-0.2, 0) is 11.2 Å². The number of H-pyrrole nitrogens is 1. The van der Waals surface area contributed by atoms with Gasteiger partial charge in [0.1, 0.15) is 19.0 Å². The number of nitrogens with one attached hydrogen (secondary N) is 2. The molecule has 3 heterocycles. The largest absolute Gasteiger partial charge is 0.489 e. The number of hydrogen-bond acceptors (Lipinski definition) is 4. The van der Waals surface area contributed by atoms with Crippen LogP contribution in [0, 0.1) is 0 Å². The van der Waals surface area contributed by atoms with Crippen LogP contribution in [0.25, 0.3) is 11.0 Å². The number of aromatic nitrogens is 3. The number of halogens is 1. The van der Waals surface area contributed by atoms with E-state index in [1.807, 2.05) is 19.1 Å². The summed E-state index contributed by atoms with van der Waals surface area (Å²) in [5, 5.41) is 2.92. The molecule has 0 aliphatic carbocycles. The van der Waals surface area contributed by atoms with Crippen LogP contribution >= 0.6 is 0 Å². The lowest BCUT2D eigenvalue weighted by Gasteiger charge is -2.14. The molecule has 2 N–H and O–H groups in total. The second kappa shape index (κ2) is 7.74. The Kier molecular flexibility index (Phi) is 5.23. The van der Waals surface area contributed by atoms with E-state index in [-0.39, 0.29) is 25.0 Å². The molecule has 25 heavy (non-hydrogen) atoms. The average molecular weight is 342 g/mol. The number of nitrogens with zero attached hydrogens (tertiary/aromatic N) is 2. The summed E-state index contributed by atoms with van der Waals surface area (Å²) in [6.45, 7) is 1.32. The van der Waals surface area contributed by atoms with Gasteiger partial charge in [0, 0.05) is 18.0 Å². The molecule has 130 valence electrons. The molecule has 0 spiro atoms. The minimum atomic E-state index is -0.545. The van der Waals surface area contributed by atoms with Crippen molar-refractivity contribution >= 4 is 16.9 Å². The molecule has 3 aromatic heterocycles. The summed E-state index contributed by atoms with van der Waals surface area (Å²) < 4.78 is 17.2. The Bertz CT molecular complexity index is 848. The van der Waals surface area contributed by atoms with Gasteiger partial charge in [0.25, 0.3) is 0 Å². The summed E-state index contributed by atoms with van der Waals surface area (Å²) in [4.78, 5) is 24.0. The number of hydrogen-bond donors (Lipinski definition) is 2. The zero-order valence-electron chi connectivity index (χ0n) is 13.8. The minimum Gasteiger partial charge on any atom is -0.489 e. The molecule has 3 rings (SSSR count). The zero-order valence-corrected chi connectivity index (χ0v) is 13.8. The number of alkyl halides is 1. The van der Waals surface area contributed by atoms with Crippen molar-refractivity contribution in [1.29, 1.82) is 0 Å². The van der Waals surface area contributed by atoms with Crippen LogP contribution in [0.15, 0.2) is 42.9 Å². The molecule has 0 unspecified atom stereocenters. The van der Waals surface area contributed by atoms with Gasteiger partial charge in [0.15, 0.2) is 0 Å². The van der Waals surface area contributed by atoms with Crippen LogP contribution in [0.4, 0.5) is 4.39 Å². The van der Waals surface area contributed by atoms with E-state index in [0.717, 1.165) is 16.6 Å². The number of ether oxygens (including phenoxy) is 1. The van der Waals surface area contributed by atoms with Crippen molar-refractivity contribution in [3.63, 3.8) is 0 Å². The molecule has 0 saturated carbocycles. The highest BCUT2D eigenvalue weighted by Gasteiger charge is 2.14. The maximum atomic E-state index is 12.3. The number of aromatic amines is 1. The number of carbonyl (C=O) groups is 1. The number of pyridine rings is 2. The minimum absolute atomic E-state index is 0.00593. The van der Waals surface area contributed by atoms with Crippen molar-refractivity contribution < 1.29 is 13.9 Å². The Morgan fingerprint density at radius 3 is 3.00 bits per heavy atom. The Labute approximate surface area is 144 Å². The third-order valence-electron chi connectivity index (χ3n) is 3.79. The summed E-state index contributed by atoms with van der Waals surface area (Å²) in [6.07, 6.45) is 5.27. The van der Waals surface area contributed by atoms with Gasteiger partial charge < -0.3 is 15.0 Å². The van der Waals surface area contributed by atoms with Crippen molar-refractivity contribution in [1.82, 2.24) is 20.3 Å². The molecule has 7 heteroatoms. The van der Waals surface area contributed by atoms with Gasteiger partial charge in [-0.3, -0.25) is 14.8 Å². The monoisotopic (exact) mass is 342 g/mol. The fourth-order valence-corrected chi connectivity index (χ4v) is 2.57. The molecular weight excluding hydrogens is 323 g/mol. The molecule has 0 radical (unpaired) electrons. The standard InChI is InChI=1S/C18H19FN4O2/c1-12(15-5-4-14(11-22-15)25-8-6-19)23-17(24)9-13-10-21-16-3-2-7-20-18(13)16/h2-5,7,10-12,21H,6,8-9H2,1H3,(H,23,24)/t12-/m1/s1. The van der Waals surface area contributed by atoms with E-state index in [1.165, 1.54) is 6.20 Å². The predicted octanol–water partition coefficient (Wildman–Crippen LogP) is 2.73. The van der Waals surface area contributed by atoms with Crippen LogP contribution < -0.4 is 10.1 Å². The average Bonchev–Trinajstić information content (AvgIpc) is 3.03. The maximum absolute atomic E-state index is 12.3. The van der Waals surface area contributed by atoms with Crippen LogP contribution in [-0.4, -0.2) is 34.1 Å². The second-order valence-electron chi connectivity index (χ2n) is 5.64. The van der Waals surface area contributed by atoms with E-state index in [2.05, 4.69) is 20.3 Å². The maximum Gasteiger partial charge on any atom is 0.225 e. The highest BCUT2D eigenvalue weighted by Crippen LogP contribution is 2.17. The first-order valence-corrected chi connectivity index (χ1v) is 8.02. The van der Waals surface area contributed by atoms with E-state index < -0.39 is 6.67 Å². The Balaban J connectivity index is 1.60. The molecule has 1 amide bonds. The normalized spacial score (nSPS) is 12.1. The molecule has 0 bridgehead atoms. The second-order valence-corrected chi connectivity index (χ2v) is 5.64. The molecule has 0 saturated heterocycles. The smallest absolute Gasteiger partial charge is 0.225 e. The van der Waals surface area contributed by atoms with Crippen molar-refractivity contribution in [3.05, 3.63) is 54.1 Å². The van der Waals surface area contributed by atoms with Gasteiger partial charge in [-0.05, 0) is 31.2 Å². The van der Waals surface area contributed by atoms with Crippen LogP contribution in [0.2, 0.25) is 0 Å². The fourth-order valence-electron chi connectivity index (χ4n) is 2.57. The predicted molar refractivity (Wildman–Crippen MR) is 92.1 cm³/mol. The SMILES string of the molecule is C[C@@H](NC(=O)Cc1c[nH]c2cccnc12)c1ccc(OCCF)cn1. The van der Waals surface area contributed by atoms with Crippen LogP contribution in [0.1, 0.15) is 24.2 Å². The Morgan fingerprint density at radius 1 is 1.36 bits per heavy atom. The van der Waals surface area contributed by atoms with Crippen LogP contribution in [0.5, 0.6) is 5.75 Å². The lowest BCUT2D eigenvalue weighted by molar-refractivity contribution is -0.121. The van der Waals surface area contributed by atoms with Gasteiger partial charge in [-0.1, -0.05) is 0 Å². The Hall–Kier alpha value is -2.96. The van der Waals surface area contributed by atoms with Gasteiger partial charge in [0.2, 0.25) is 5.91 Å². The van der Waals surface area contributed by atoms with Gasteiger partial charge in [-0.25, -0.2) is 4.39 Å². The quantitative estimate of drug-likeness (QED) is 0.692. The van der Waals surface area contributed by atoms with Crippen LogP contribution in [0.3, 0.4) is 0 Å². The van der Waals surface area contributed by atoms with Crippen molar-refractivity contribution in [2.75, 3.05) is 13.3 Å². The first-order valence-electron chi connectivity index (χ1n) is 8.02. The van der Waals surface area contributed by atoms with Crippen molar-refractivity contribution in [2.45, 2.75) is 19.4 Å². The third-order valence-corrected chi connectivity index (χ3v) is 3.79. The molecule has 0 aromatic carbocycles. The van der Waals surface area contributed by atoms with Crippen molar-refractivity contribution in [2.24, 2.45) is 0 Å².